The molecule has 0 aliphatic rings. The molecule has 0 unspecified atom stereocenters. The van der Waals surface area contributed by atoms with Crippen LogP contribution in [0.15, 0.2) is 0 Å². The molecule has 0 aliphatic carbocycles. The molecule has 0 aromatic heterocycles. The molecule has 0 spiro atoms. The molecule has 0 radical (unpaired) electrons. The van der Waals surface area contributed by atoms with Crippen LogP contribution in [0.3, 0.4) is 0 Å². The van der Waals surface area contributed by atoms with Crippen LogP contribution in [0.5, 0.6) is 0 Å². The summed E-state index contributed by atoms with van der Waals surface area (Å²) in [5.41, 5.74) is 0. The standard InChI is InChI=1S/CH4.Li.Mn.2H2O.2O.H4Si.H/h1H4;;;2*1H2;;;1H4;/q;;+2;;;;;;/p-2. The van der Waals surface area contributed by atoms with Gasteiger partial charge in [-0.25, -0.2) is 0 Å². The van der Waals surface area contributed by atoms with Crippen molar-refractivity contribution in [3.05, 3.63) is 0 Å². The van der Waals surface area contributed by atoms with Gasteiger partial charge in [-0.05, 0) is 11.0 Å². The first kappa shape index (κ1) is 23.2. The largest absolute Gasteiger partial charge is 0.0149 e. The normalized spacial score (nSPS) is 7.25. The fourth-order valence-corrected chi connectivity index (χ4v) is 0. The molecule has 0 saturated carbocycles. The van der Waals surface area contributed by atoms with Gasteiger partial charge in [-0.15, -0.1) is 0 Å². The van der Waals surface area contributed by atoms with Crippen LogP contribution in [0.25, 0.3) is 0 Å². The average molecular weight is 177 g/mol. The molecule has 0 aromatic rings. The second-order valence-electron chi connectivity index (χ2n) is 0.415. The smallest absolute Gasteiger partial charge is 0.0149 e. The molecule has 0 saturated heterocycles. The maximum atomic E-state index is 8.80. The van der Waals surface area contributed by atoms with Crippen molar-refractivity contribution in [1.82, 2.24) is 0 Å². The Morgan fingerprint density at radius 1 is 1.12 bits per heavy atom. The molecule has 0 amide bonds. The van der Waals surface area contributed by atoms with Crippen molar-refractivity contribution in [2.45, 2.75) is 7.43 Å². The molecule has 51 valence electrons. The Labute approximate surface area is 66.8 Å². The predicted octanol–water partition coefficient (Wildman–Crippen LogP) is -2.82. The van der Waals surface area contributed by atoms with E-state index in [0.29, 0.717) is 0 Å². The Kier molecular flexibility index (Phi) is 22.8. The van der Waals surface area contributed by atoms with Gasteiger partial charge >= 0.3 is 48.3 Å². The van der Waals surface area contributed by atoms with E-state index in [1.807, 2.05) is 0 Å². The van der Waals surface area contributed by atoms with E-state index in [2.05, 4.69) is 0 Å². The second-order valence-corrected chi connectivity index (χ2v) is 1.71. The molecule has 0 aromatic carbocycles. The van der Waals surface area contributed by atoms with Gasteiger partial charge in [0.25, 0.3) is 0 Å². The summed E-state index contributed by atoms with van der Waals surface area (Å²) in [6, 6.07) is 0. The first-order valence-electron chi connectivity index (χ1n) is 0.647. The van der Waals surface area contributed by atoms with Crippen molar-refractivity contribution in [1.29, 1.82) is 0 Å². The van der Waals surface area contributed by atoms with Gasteiger partial charge in [0.15, 0.2) is 0 Å². The summed E-state index contributed by atoms with van der Waals surface area (Å²) >= 11 is -5.12. The minimum Gasteiger partial charge on any atom is -0.0149 e. The Morgan fingerprint density at radius 2 is 1.12 bits per heavy atom. The summed E-state index contributed by atoms with van der Waals surface area (Å²) in [5, 5.41) is 0. The van der Waals surface area contributed by atoms with Crippen LogP contribution in [-0.4, -0.2) is 38.2 Å². The first-order chi connectivity index (χ1) is 2.00. The summed E-state index contributed by atoms with van der Waals surface area (Å²) in [6.45, 7) is 0. The molecule has 8 heavy (non-hydrogen) atoms. The van der Waals surface area contributed by atoms with Crippen LogP contribution in [0.4, 0.5) is 0 Å². The van der Waals surface area contributed by atoms with Crippen LogP contribution in [0, 0.1) is 0 Å². The Balaban J connectivity index is -0.0000000267. The molecule has 0 bridgehead atoms. The Morgan fingerprint density at radius 3 is 1.12 bits per heavy atom. The molecule has 4 nitrogen and oxygen atoms in total. The van der Waals surface area contributed by atoms with Gasteiger partial charge < -0.3 is 0 Å². The van der Waals surface area contributed by atoms with Crippen molar-refractivity contribution in [3.63, 3.8) is 0 Å². The van der Waals surface area contributed by atoms with E-state index in [4.69, 9.17) is 16.0 Å². The molecule has 0 fully saturated rings. The van der Waals surface area contributed by atoms with Gasteiger partial charge in [-0.3, -0.25) is 0 Å². The van der Waals surface area contributed by atoms with Crippen LogP contribution in [0.1, 0.15) is 7.43 Å². The molecule has 7 heteroatoms. The number of hydrogen-bond acceptors (Lipinski definition) is 2. The predicted molar refractivity (Wildman–Crippen MR) is 31.0 cm³/mol. The maximum Gasteiger partial charge on any atom is -0.0149 e. The zero-order valence-electron chi connectivity index (χ0n) is 2.09. The zero-order chi connectivity index (χ0) is 4.50. The van der Waals surface area contributed by atoms with E-state index in [-0.39, 0.29) is 37.3 Å². The van der Waals surface area contributed by atoms with E-state index < -0.39 is 13.4 Å². The van der Waals surface area contributed by atoms with Crippen LogP contribution in [0.2, 0.25) is 0 Å². The summed E-state index contributed by atoms with van der Waals surface area (Å²) in [6.07, 6.45) is 0. The molecular weight excluding hydrogens is 166 g/mol. The van der Waals surface area contributed by atoms with Gasteiger partial charge in [0.05, 0.1) is 0 Å². The molecular formula is CH11LiMnO4Si. The third kappa shape index (κ3) is 322. The molecule has 0 aliphatic heterocycles. The van der Waals surface area contributed by atoms with Gasteiger partial charge in [0.1, 0.15) is 0 Å². The van der Waals surface area contributed by atoms with E-state index >= 15 is 0 Å². The zero-order valence-corrected chi connectivity index (χ0v) is 3.27. The monoisotopic (exact) mass is 177 g/mol. The Bertz CT molecular complexity index is 99.2. The SMILES string of the molecule is C.[LiH].[O]=[Mn](=[O])([OH])[OH].[SiH4]. The van der Waals surface area contributed by atoms with Gasteiger partial charge in [0.2, 0.25) is 0 Å². The topological polar surface area (TPSA) is 74.6 Å². The van der Waals surface area contributed by atoms with E-state index in [0.717, 1.165) is 0 Å². The van der Waals surface area contributed by atoms with Crippen molar-refractivity contribution >= 4 is 29.8 Å². The third-order valence-corrected chi connectivity index (χ3v) is 0. The van der Waals surface area contributed by atoms with Crippen molar-refractivity contribution in [3.8, 4) is 0 Å². The molecule has 0 atom stereocenters. The fraction of sp³-hybridized carbons (Fsp3) is 1.00. The molecule has 2 N–H and O–H groups in total. The Hall–Kier alpha value is 0.854. The van der Waals surface area contributed by atoms with Gasteiger partial charge in [-0.1, -0.05) is 7.43 Å². The molecule has 0 rings (SSSR count). The average Bonchev–Trinajstić information content (AvgIpc) is 0.722. The summed E-state index contributed by atoms with van der Waals surface area (Å²) in [7, 11) is 0. The van der Waals surface area contributed by atoms with E-state index in [1.165, 1.54) is 0 Å². The van der Waals surface area contributed by atoms with Crippen LogP contribution in [-0.2, 0) is 21.0 Å². The van der Waals surface area contributed by atoms with E-state index in [9.17, 15) is 0 Å². The van der Waals surface area contributed by atoms with E-state index in [1.54, 1.807) is 0 Å². The third-order valence-electron chi connectivity index (χ3n) is 0. The maximum absolute atomic E-state index is 8.80. The van der Waals surface area contributed by atoms with Crippen molar-refractivity contribution < 1.29 is 29.4 Å². The van der Waals surface area contributed by atoms with Crippen molar-refractivity contribution in [2.75, 3.05) is 0 Å². The minimum absolute atomic E-state index is 0. The summed E-state index contributed by atoms with van der Waals surface area (Å²) in [4.78, 5) is 0. The fourth-order valence-electron chi connectivity index (χ4n) is 0. The number of rotatable bonds is 0. The van der Waals surface area contributed by atoms with Gasteiger partial charge in [0, 0.05) is 0 Å². The van der Waals surface area contributed by atoms with Crippen LogP contribution < -0.4 is 0 Å². The minimum atomic E-state index is -5.12. The quantitative estimate of drug-likeness (QED) is 0.391. The summed E-state index contributed by atoms with van der Waals surface area (Å²) < 4.78 is 31.8. The summed E-state index contributed by atoms with van der Waals surface area (Å²) in [5.74, 6) is 0. The van der Waals surface area contributed by atoms with Crippen LogP contribution >= 0.6 is 0 Å². The van der Waals surface area contributed by atoms with Gasteiger partial charge in [-0.2, -0.15) is 0 Å². The van der Waals surface area contributed by atoms with Crippen molar-refractivity contribution in [2.24, 2.45) is 0 Å². The number of hydrogen-bond donors (Lipinski definition) is 2. The molecule has 0 heterocycles. The first-order valence-corrected chi connectivity index (χ1v) is 2.67. The second kappa shape index (κ2) is 7.85.